The summed E-state index contributed by atoms with van der Waals surface area (Å²) in [6.07, 6.45) is 1.54. The number of benzene rings is 1. The van der Waals surface area contributed by atoms with E-state index in [9.17, 15) is 13.5 Å². The molecule has 0 aliphatic carbocycles. The highest BCUT2D eigenvalue weighted by molar-refractivity contribution is 7.86. The van der Waals surface area contributed by atoms with Gasteiger partial charge in [0.25, 0.3) is 10.2 Å². The molecule has 106 valence electrons. The zero-order valence-corrected chi connectivity index (χ0v) is 11.9. The van der Waals surface area contributed by atoms with Crippen molar-refractivity contribution in [1.82, 2.24) is 8.61 Å². The predicted molar refractivity (Wildman–Crippen MR) is 73.6 cm³/mol. The molecule has 1 saturated heterocycles. The van der Waals surface area contributed by atoms with Gasteiger partial charge in [-0.25, -0.2) is 0 Å². The Bertz CT molecular complexity index is 504. The first-order valence-electron chi connectivity index (χ1n) is 6.43. The van der Waals surface area contributed by atoms with Crippen LogP contribution < -0.4 is 0 Å². The maximum absolute atomic E-state index is 12.4. The van der Waals surface area contributed by atoms with Crippen LogP contribution in [-0.4, -0.2) is 48.4 Å². The van der Waals surface area contributed by atoms with Crippen molar-refractivity contribution >= 4 is 10.2 Å². The number of rotatable bonds is 5. The van der Waals surface area contributed by atoms with E-state index in [2.05, 4.69) is 0 Å². The lowest BCUT2D eigenvalue weighted by molar-refractivity contribution is 0.207. The van der Waals surface area contributed by atoms with E-state index in [-0.39, 0.29) is 12.6 Å². The Morgan fingerprint density at radius 2 is 2.05 bits per heavy atom. The van der Waals surface area contributed by atoms with E-state index in [4.69, 9.17) is 0 Å². The lowest BCUT2D eigenvalue weighted by Crippen LogP contribution is -2.45. The maximum Gasteiger partial charge on any atom is 0.282 e. The Hall–Kier alpha value is -0.950. The molecule has 1 aliphatic rings. The van der Waals surface area contributed by atoms with Crippen molar-refractivity contribution in [3.8, 4) is 0 Å². The summed E-state index contributed by atoms with van der Waals surface area (Å²) in [5, 5.41) is 9.25. The summed E-state index contributed by atoms with van der Waals surface area (Å²) in [4.78, 5) is 0. The van der Waals surface area contributed by atoms with Crippen molar-refractivity contribution in [2.24, 2.45) is 0 Å². The van der Waals surface area contributed by atoms with Gasteiger partial charge in [-0.3, -0.25) is 0 Å². The first kappa shape index (κ1) is 14.5. The molecule has 1 N–H and O–H groups in total. The molecule has 0 unspecified atom stereocenters. The average Bonchev–Trinajstić information content (AvgIpc) is 2.88. The Kier molecular flexibility index (Phi) is 4.57. The van der Waals surface area contributed by atoms with Crippen LogP contribution in [0.25, 0.3) is 0 Å². The molecule has 19 heavy (non-hydrogen) atoms. The highest BCUT2D eigenvalue weighted by Gasteiger charge is 2.36. The van der Waals surface area contributed by atoms with Gasteiger partial charge in [-0.05, 0) is 18.4 Å². The molecule has 0 radical (unpaired) electrons. The quantitative estimate of drug-likeness (QED) is 0.871. The molecule has 1 fully saturated rings. The van der Waals surface area contributed by atoms with E-state index in [0.29, 0.717) is 13.1 Å². The van der Waals surface area contributed by atoms with Gasteiger partial charge in [0.15, 0.2) is 0 Å². The molecule has 1 aromatic carbocycles. The highest BCUT2D eigenvalue weighted by Crippen LogP contribution is 2.23. The van der Waals surface area contributed by atoms with E-state index in [0.717, 1.165) is 18.4 Å². The molecule has 1 atom stereocenters. The van der Waals surface area contributed by atoms with Crippen molar-refractivity contribution < 1.29 is 13.5 Å². The van der Waals surface area contributed by atoms with Crippen molar-refractivity contribution in [3.05, 3.63) is 35.9 Å². The summed E-state index contributed by atoms with van der Waals surface area (Å²) < 4.78 is 27.7. The number of aliphatic hydroxyl groups excluding tert-OH is 1. The van der Waals surface area contributed by atoms with Crippen LogP contribution in [0.5, 0.6) is 0 Å². The Morgan fingerprint density at radius 3 is 2.68 bits per heavy atom. The molecule has 0 saturated carbocycles. The average molecular weight is 284 g/mol. The zero-order valence-electron chi connectivity index (χ0n) is 11.1. The number of aliphatic hydroxyl groups is 1. The first-order valence-corrected chi connectivity index (χ1v) is 7.83. The van der Waals surface area contributed by atoms with Crippen LogP contribution in [0.2, 0.25) is 0 Å². The van der Waals surface area contributed by atoms with Crippen LogP contribution in [0.4, 0.5) is 0 Å². The normalized spacial score (nSPS) is 21.1. The van der Waals surface area contributed by atoms with Gasteiger partial charge < -0.3 is 5.11 Å². The van der Waals surface area contributed by atoms with Gasteiger partial charge in [0.05, 0.1) is 6.61 Å². The molecule has 2 rings (SSSR count). The van der Waals surface area contributed by atoms with Crippen LogP contribution in [-0.2, 0) is 16.8 Å². The Labute approximate surface area is 114 Å². The van der Waals surface area contributed by atoms with Gasteiger partial charge in [0, 0.05) is 26.2 Å². The summed E-state index contributed by atoms with van der Waals surface area (Å²) in [6, 6.07) is 9.21. The fourth-order valence-corrected chi connectivity index (χ4v) is 3.98. The fourth-order valence-electron chi connectivity index (χ4n) is 2.40. The van der Waals surface area contributed by atoms with Crippen LogP contribution in [0.1, 0.15) is 18.4 Å². The summed E-state index contributed by atoms with van der Waals surface area (Å²) in [5.41, 5.74) is 0.952. The van der Waals surface area contributed by atoms with E-state index in [1.165, 1.54) is 8.61 Å². The predicted octanol–water partition coefficient (Wildman–Crippen LogP) is 0.820. The second-order valence-corrected chi connectivity index (χ2v) is 6.83. The van der Waals surface area contributed by atoms with Crippen LogP contribution in [0.3, 0.4) is 0 Å². The Morgan fingerprint density at radius 1 is 1.37 bits per heavy atom. The van der Waals surface area contributed by atoms with E-state index < -0.39 is 10.2 Å². The minimum atomic E-state index is -3.49. The van der Waals surface area contributed by atoms with Crippen LogP contribution in [0.15, 0.2) is 30.3 Å². The van der Waals surface area contributed by atoms with E-state index in [1.54, 1.807) is 7.05 Å². The zero-order chi connectivity index (χ0) is 13.9. The number of nitrogens with zero attached hydrogens (tertiary/aromatic N) is 2. The van der Waals surface area contributed by atoms with Crippen LogP contribution >= 0.6 is 0 Å². The fraction of sp³-hybridized carbons (Fsp3) is 0.538. The summed E-state index contributed by atoms with van der Waals surface area (Å²) in [6.45, 7) is 0.725. The molecule has 0 amide bonds. The summed E-state index contributed by atoms with van der Waals surface area (Å²) >= 11 is 0. The van der Waals surface area contributed by atoms with Gasteiger partial charge in [-0.1, -0.05) is 30.3 Å². The molecule has 0 spiro atoms. The smallest absolute Gasteiger partial charge is 0.282 e. The third-order valence-electron chi connectivity index (χ3n) is 3.47. The van der Waals surface area contributed by atoms with Crippen molar-refractivity contribution in [2.75, 3.05) is 20.2 Å². The van der Waals surface area contributed by atoms with E-state index in [1.807, 2.05) is 30.3 Å². The van der Waals surface area contributed by atoms with Gasteiger partial charge >= 0.3 is 0 Å². The topological polar surface area (TPSA) is 60.9 Å². The SMILES string of the molecule is CN(Cc1ccccc1)S(=O)(=O)N1CCC[C@@H]1CO. The lowest BCUT2D eigenvalue weighted by Gasteiger charge is -2.27. The maximum atomic E-state index is 12.4. The standard InChI is InChI=1S/C13H20N2O3S/c1-14(10-12-6-3-2-4-7-12)19(17,18)15-9-5-8-13(15)11-16/h2-4,6-7,13,16H,5,8-11H2,1H3/t13-/m1/s1. The minimum absolute atomic E-state index is 0.113. The molecule has 6 heteroatoms. The molecular formula is C13H20N2O3S. The molecule has 1 aliphatic heterocycles. The summed E-state index contributed by atoms with van der Waals surface area (Å²) in [7, 11) is -1.91. The molecule has 0 aromatic heterocycles. The molecule has 1 heterocycles. The van der Waals surface area contributed by atoms with Gasteiger partial charge in [-0.15, -0.1) is 0 Å². The highest BCUT2D eigenvalue weighted by atomic mass is 32.2. The molecule has 1 aromatic rings. The minimum Gasteiger partial charge on any atom is -0.395 e. The largest absolute Gasteiger partial charge is 0.395 e. The van der Waals surface area contributed by atoms with Gasteiger partial charge in [0.1, 0.15) is 0 Å². The second kappa shape index (κ2) is 6.00. The van der Waals surface area contributed by atoms with Crippen molar-refractivity contribution in [1.29, 1.82) is 0 Å². The monoisotopic (exact) mass is 284 g/mol. The third kappa shape index (κ3) is 3.14. The van der Waals surface area contributed by atoms with Crippen LogP contribution in [0, 0.1) is 0 Å². The third-order valence-corrected chi connectivity index (χ3v) is 5.46. The van der Waals surface area contributed by atoms with Gasteiger partial charge in [0.2, 0.25) is 0 Å². The number of hydrogen-bond donors (Lipinski definition) is 1. The second-order valence-electron chi connectivity index (χ2n) is 4.84. The summed E-state index contributed by atoms with van der Waals surface area (Å²) in [5.74, 6) is 0. The first-order chi connectivity index (χ1) is 9.05. The lowest BCUT2D eigenvalue weighted by atomic mass is 10.2. The van der Waals surface area contributed by atoms with E-state index >= 15 is 0 Å². The molecular weight excluding hydrogens is 264 g/mol. The van der Waals surface area contributed by atoms with Crippen molar-refractivity contribution in [3.63, 3.8) is 0 Å². The van der Waals surface area contributed by atoms with Crippen molar-refractivity contribution in [2.45, 2.75) is 25.4 Å². The van der Waals surface area contributed by atoms with Gasteiger partial charge in [-0.2, -0.15) is 17.0 Å². The molecule has 5 nitrogen and oxygen atoms in total. The number of hydrogen-bond acceptors (Lipinski definition) is 3. The molecule has 0 bridgehead atoms. The Balaban J connectivity index is 2.11.